The third-order valence-corrected chi connectivity index (χ3v) is 5.08. The number of anilines is 3. The predicted octanol–water partition coefficient (Wildman–Crippen LogP) is 3.33. The van der Waals surface area contributed by atoms with Gasteiger partial charge in [0.15, 0.2) is 0 Å². The van der Waals surface area contributed by atoms with E-state index in [9.17, 15) is 14.4 Å². The molecule has 0 aromatic heterocycles. The molecule has 0 saturated carbocycles. The van der Waals surface area contributed by atoms with Crippen LogP contribution in [0.5, 0.6) is 0 Å². The standard InChI is InChI=1S/C25H30N4O4/c1-16(2)33-15-14-29-24(31)22(18-6-8-19(9-7-18)26-17(3)30)23(25(29)32)27-20-10-12-21(13-11-20)28(4)5/h6-13,16,27H,14-15H2,1-5H3,(H,26,30). The number of nitrogens with zero attached hydrogens (tertiary/aromatic N) is 2. The Bertz CT molecular complexity index is 1060. The highest BCUT2D eigenvalue weighted by Gasteiger charge is 2.39. The Morgan fingerprint density at radius 2 is 1.58 bits per heavy atom. The van der Waals surface area contributed by atoms with Crippen molar-refractivity contribution in [3.05, 3.63) is 59.8 Å². The van der Waals surface area contributed by atoms with Gasteiger partial charge in [-0.15, -0.1) is 0 Å². The highest BCUT2D eigenvalue weighted by atomic mass is 16.5. The van der Waals surface area contributed by atoms with Crippen molar-refractivity contribution in [3.8, 4) is 0 Å². The zero-order chi connectivity index (χ0) is 24.1. The number of hydrogen-bond acceptors (Lipinski definition) is 6. The van der Waals surface area contributed by atoms with Gasteiger partial charge < -0.3 is 20.3 Å². The normalized spacial score (nSPS) is 13.7. The molecule has 174 valence electrons. The van der Waals surface area contributed by atoms with Gasteiger partial charge in [0.1, 0.15) is 5.70 Å². The minimum absolute atomic E-state index is 0.000589. The van der Waals surface area contributed by atoms with Gasteiger partial charge in [0.25, 0.3) is 11.8 Å². The number of carbonyl (C=O) groups is 3. The van der Waals surface area contributed by atoms with Crippen molar-refractivity contribution in [3.63, 3.8) is 0 Å². The molecule has 0 saturated heterocycles. The zero-order valence-corrected chi connectivity index (χ0v) is 19.6. The summed E-state index contributed by atoms with van der Waals surface area (Å²) >= 11 is 0. The second-order valence-corrected chi connectivity index (χ2v) is 8.26. The fraction of sp³-hybridized carbons (Fsp3) is 0.320. The summed E-state index contributed by atoms with van der Waals surface area (Å²) in [6, 6.07) is 14.4. The van der Waals surface area contributed by atoms with Crippen molar-refractivity contribution in [1.82, 2.24) is 4.90 Å². The average molecular weight is 451 g/mol. The van der Waals surface area contributed by atoms with Crippen molar-refractivity contribution < 1.29 is 19.1 Å². The number of carbonyl (C=O) groups excluding carboxylic acids is 3. The molecule has 0 fully saturated rings. The van der Waals surface area contributed by atoms with Crippen molar-refractivity contribution >= 4 is 40.4 Å². The molecule has 3 rings (SSSR count). The Labute approximate surface area is 194 Å². The quantitative estimate of drug-likeness (QED) is 0.570. The third-order valence-electron chi connectivity index (χ3n) is 5.08. The van der Waals surface area contributed by atoms with Crippen LogP contribution in [0.15, 0.2) is 54.2 Å². The van der Waals surface area contributed by atoms with E-state index in [1.165, 1.54) is 11.8 Å². The summed E-state index contributed by atoms with van der Waals surface area (Å²) in [6.07, 6.45) is -0.000589. The Kier molecular flexibility index (Phi) is 7.50. The van der Waals surface area contributed by atoms with Crippen LogP contribution in [0.3, 0.4) is 0 Å². The lowest BCUT2D eigenvalue weighted by atomic mass is 10.0. The molecule has 8 nitrogen and oxygen atoms in total. The molecule has 8 heteroatoms. The average Bonchev–Trinajstić information content (AvgIpc) is 2.98. The van der Waals surface area contributed by atoms with E-state index in [0.717, 1.165) is 5.69 Å². The lowest BCUT2D eigenvalue weighted by Gasteiger charge is -2.17. The lowest BCUT2D eigenvalue weighted by molar-refractivity contribution is -0.138. The first kappa shape index (κ1) is 24.0. The van der Waals surface area contributed by atoms with E-state index in [2.05, 4.69) is 10.6 Å². The molecule has 0 bridgehead atoms. The van der Waals surface area contributed by atoms with Crippen LogP contribution in [0, 0.1) is 0 Å². The van der Waals surface area contributed by atoms with E-state index in [1.54, 1.807) is 24.3 Å². The Morgan fingerprint density at radius 3 is 2.12 bits per heavy atom. The number of amides is 3. The van der Waals surface area contributed by atoms with Gasteiger partial charge in [-0.05, 0) is 55.8 Å². The van der Waals surface area contributed by atoms with E-state index >= 15 is 0 Å². The second kappa shape index (κ2) is 10.3. The number of rotatable bonds is 9. The fourth-order valence-corrected chi connectivity index (χ4v) is 3.45. The summed E-state index contributed by atoms with van der Waals surface area (Å²) in [7, 11) is 3.90. The third kappa shape index (κ3) is 5.78. The molecule has 1 aliphatic heterocycles. The number of ether oxygens (including phenoxy) is 1. The maximum Gasteiger partial charge on any atom is 0.278 e. The summed E-state index contributed by atoms with van der Waals surface area (Å²) < 4.78 is 5.55. The molecule has 0 aliphatic carbocycles. The first-order valence-corrected chi connectivity index (χ1v) is 10.8. The molecule has 33 heavy (non-hydrogen) atoms. The minimum atomic E-state index is -0.398. The smallest absolute Gasteiger partial charge is 0.278 e. The van der Waals surface area contributed by atoms with Gasteiger partial charge in [-0.1, -0.05) is 12.1 Å². The molecule has 3 amide bonds. The molecule has 0 radical (unpaired) electrons. The zero-order valence-electron chi connectivity index (χ0n) is 19.6. The largest absolute Gasteiger partial charge is 0.378 e. The van der Waals surface area contributed by atoms with E-state index in [1.807, 2.05) is 57.1 Å². The van der Waals surface area contributed by atoms with Crippen LogP contribution in [0.2, 0.25) is 0 Å². The highest BCUT2D eigenvalue weighted by Crippen LogP contribution is 2.31. The topological polar surface area (TPSA) is 91.0 Å². The van der Waals surface area contributed by atoms with Crippen LogP contribution >= 0.6 is 0 Å². The number of nitrogens with one attached hydrogen (secondary N) is 2. The molecular weight excluding hydrogens is 420 g/mol. The first-order chi connectivity index (χ1) is 15.7. The number of imide groups is 1. The van der Waals surface area contributed by atoms with Crippen LogP contribution in [-0.2, 0) is 19.1 Å². The van der Waals surface area contributed by atoms with Crippen molar-refractivity contribution in [2.75, 3.05) is 42.8 Å². The van der Waals surface area contributed by atoms with E-state index in [-0.39, 0.29) is 42.3 Å². The number of hydrogen-bond donors (Lipinski definition) is 2. The van der Waals surface area contributed by atoms with E-state index < -0.39 is 5.91 Å². The van der Waals surface area contributed by atoms with Gasteiger partial charge in [0.05, 0.1) is 24.8 Å². The summed E-state index contributed by atoms with van der Waals surface area (Å²) in [5.74, 6) is -0.967. The van der Waals surface area contributed by atoms with Crippen molar-refractivity contribution in [2.45, 2.75) is 26.9 Å². The molecule has 0 unspecified atom stereocenters. The molecule has 2 aromatic carbocycles. The molecular formula is C25H30N4O4. The molecule has 2 N–H and O–H groups in total. The monoisotopic (exact) mass is 450 g/mol. The Balaban J connectivity index is 1.94. The number of benzene rings is 2. The maximum absolute atomic E-state index is 13.3. The molecule has 2 aromatic rings. The van der Waals surface area contributed by atoms with Crippen LogP contribution in [0.25, 0.3) is 5.57 Å². The van der Waals surface area contributed by atoms with Crippen LogP contribution in [-0.4, -0.2) is 56.0 Å². The summed E-state index contributed by atoms with van der Waals surface area (Å²) in [5.41, 5.74) is 3.42. The minimum Gasteiger partial charge on any atom is -0.378 e. The summed E-state index contributed by atoms with van der Waals surface area (Å²) in [4.78, 5) is 41.0. The lowest BCUT2D eigenvalue weighted by Crippen LogP contribution is -2.35. The van der Waals surface area contributed by atoms with Crippen LogP contribution in [0.1, 0.15) is 26.3 Å². The Hall–Kier alpha value is -3.65. The van der Waals surface area contributed by atoms with Gasteiger partial charge in [0, 0.05) is 38.1 Å². The maximum atomic E-state index is 13.3. The first-order valence-electron chi connectivity index (χ1n) is 10.8. The molecule has 1 aliphatic rings. The van der Waals surface area contributed by atoms with Crippen molar-refractivity contribution in [1.29, 1.82) is 0 Å². The van der Waals surface area contributed by atoms with Crippen LogP contribution < -0.4 is 15.5 Å². The second-order valence-electron chi connectivity index (χ2n) is 8.26. The molecule has 0 spiro atoms. The SMILES string of the molecule is CC(=O)Nc1ccc(C2=C(Nc3ccc(N(C)C)cc3)C(=O)N(CCOC(C)C)C2=O)cc1. The van der Waals surface area contributed by atoms with Crippen molar-refractivity contribution in [2.24, 2.45) is 0 Å². The van der Waals surface area contributed by atoms with Gasteiger partial charge >= 0.3 is 0 Å². The molecule has 1 heterocycles. The predicted molar refractivity (Wildman–Crippen MR) is 130 cm³/mol. The van der Waals surface area contributed by atoms with E-state index in [0.29, 0.717) is 16.9 Å². The fourth-order valence-electron chi connectivity index (χ4n) is 3.45. The van der Waals surface area contributed by atoms with E-state index in [4.69, 9.17) is 4.74 Å². The Morgan fingerprint density at radius 1 is 0.970 bits per heavy atom. The summed E-state index contributed by atoms with van der Waals surface area (Å²) in [5, 5.41) is 5.85. The molecule has 0 atom stereocenters. The van der Waals surface area contributed by atoms with Gasteiger partial charge in [0.2, 0.25) is 5.91 Å². The van der Waals surface area contributed by atoms with Gasteiger partial charge in [-0.3, -0.25) is 19.3 Å². The van der Waals surface area contributed by atoms with Gasteiger partial charge in [-0.2, -0.15) is 0 Å². The summed E-state index contributed by atoms with van der Waals surface area (Å²) in [6.45, 7) is 5.65. The van der Waals surface area contributed by atoms with Gasteiger partial charge in [-0.25, -0.2) is 0 Å². The van der Waals surface area contributed by atoms with Crippen LogP contribution in [0.4, 0.5) is 17.1 Å². The highest BCUT2D eigenvalue weighted by molar-refractivity contribution is 6.36.